The van der Waals surface area contributed by atoms with E-state index in [4.69, 9.17) is 0 Å². The highest BCUT2D eigenvalue weighted by molar-refractivity contribution is 6.07. The molecule has 0 saturated carbocycles. The Morgan fingerprint density at radius 2 is 1.72 bits per heavy atom. The highest BCUT2D eigenvalue weighted by atomic mass is 16.4. The Kier molecular flexibility index (Phi) is 3.24. The average Bonchev–Trinajstić information content (AvgIpc) is 2.36. The van der Waals surface area contributed by atoms with Gasteiger partial charge in [-0.15, -0.1) is 0 Å². The lowest BCUT2D eigenvalue weighted by molar-refractivity contribution is 0.0699. The van der Waals surface area contributed by atoms with Gasteiger partial charge in [-0.25, -0.2) is 4.79 Å². The summed E-state index contributed by atoms with van der Waals surface area (Å²) in [6, 6.07) is 11.6. The first-order valence-electron chi connectivity index (χ1n) is 6.00. The lowest BCUT2D eigenvalue weighted by atomic mass is 10.0. The van der Waals surface area contributed by atoms with E-state index >= 15 is 0 Å². The zero-order valence-electron chi connectivity index (χ0n) is 10.8. The van der Waals surface area contributed by atoms with Gasteiger partial charge < -0.3 is 10.0 Å². The van der Waals surface area contributed by atoms with Crippen molar-refractivity contribution in [2.24, 2.45) is 0 Å². The van der Waals surface area contributed by atoms with E-state index in [9.17, 15) is 9.90 Å². The van der Waals surface area contributed by atoms with E-state index in [2.05, 4.69) is 18.7 Å². The standard InChI is InChI=1S/C15H17NO2/c1-10(2)16(3)14-9-8-13(15(17)18)11-6-4-5-7-12(11)14/h4-10H,1-3H3,(H,17,18). The minimum Gasteiger partial charge on any atom is -0.478 e. The maximum absolute atomic E-state index is 11.2. The van der Waals surface area contributed by atoms with E-state index < -0.39 is 5.97 Å². The van der Waals surface area contributed by atoms with Crippen molar-refractivity contribution in [1.29, 1.82) is 0 Å². The minimum absolute atomic E-state index is 0.353. The second-order valence-corrected chi connectivity index (χ2v) is 4.69. The van der Waals surface area contributed by atoms with E-state index in [0.29, 0.717) is 11.6 Å². The number of carboxylic acid groups (broad SMARTS) is 1. The van der Waals surface area contributed by atoms with E-state index in [1.54, 1.807) is 6.07 Å². The summed E-state index contributed by atoms with van der Waals surface area (Å²) in [6.07, 6.45) is 0. The van der Waals surface area contributed by atoms with E-state index in [1.165, 1.54) is 0 Å². The molecule has 0 saturated heterocycles. The number of carbonyl (C=O) groups is 1. The van der Waals surface area contributed by atoms with Gasteiger partial charge in [0.2, 0.25) is 0 Å². The fourth-order valence-electron chi connectivity index (χ4n) is 2.06. The van der Waals surface area contributed by atoms with E-state index in [-0.39, 0.29) is 0 Å². The molecule has 2 aromatic carbocycles. The fourth-order valence-corrected chi connectivity index (χ4v) is 2.06. The number of carboxylic acids is 1. The molecule has 3 nitrogen and oxygen atoms in total. The number of benzene rings is 2. The van der Waals surface area contributed by atoms with Crippen LogP contribution in [0, 0.1) is 0 Å². The summed E-state index contributed by atoms with van der Waals surface area (Å²) in [5.41, 5.74) is 1.41. The Balaban J connectivity index is 2.72. The minimum atomic E-state index is -0.884. The van der Waals surface area contributed by atoms with Gasteiger partial charge >= 0.3 is 5.97 Å². The molecule has 0 amide bonds. The van der Waals surface area contributed by atoms with Crippen molar-refractivity contribution in [3.63, 3.8) is 0 Å². The van der Waals surface area contributed by atoms with E-state index in [0.717, 1.165) is 16.5 Å². The van der Waals surface area contributed by atoms with Gasteiger partial charge in [0.15, 0.2) is 0 Å². The quantitative estimate of drug-likeness (QED) is 0.898. The summed E-state index contributed by atoms with van der Waals surface area (Å²) < 4.78 is 0. The SMILES string of the molecule is CC(C)N(C)c1ccc(C(=O)O)c2ccccc12. The molecule has 0 aliphatic carbocycles. The van der Waals surface area contributed by atoms with Gasteiger partial charge in [0.25, 0.3) is 0 Å². The summed E-state index contributed by atoms with van der Waals surface area (Å²) in [7, 11) is 2.02. The largest absolute Gasteiger partial charge is 0.478 e. The lowest BCUT2D eigenvalue weighted by Crippen LogP contribution is -2.25. The molecule has 0 atom stereocenters. The van der Waals surface area contributed by atoms with Crippen LogP contribution in [0.25, 0.3) is 10.8 Å². The van der Waals surface area contributed by atoms with Gasteiger partial charge in [-0.3, -0.25) is 0 Å². The Morgan fingerprint density at radius 1 is 1.11 bits per heavy atom. The van der Waals surface area contributed by atoms with Crippen LogP contribution >= 0.6 is 0 Å². The van der Waals surface area contributed by atoms with Crippen LogP contribution in [0.5, 0.6) is 0 Å². The molecule has 0 aromatic heterocycles. The van der Waals surface area contributed by atoms with Crippen molar-refractivity contribution in [2.45, 2.75) is 19.9 Å². The van der Waals surface area contributed by atoms with Crippen LogP contribution in [-0.2, 0) is 0 Å². The van der Waals surface area contributed by atoms with Crippen LogP contribution in [0.15, 0.2) is 36.4 Å². The number of anilines is 1. The Hall–Kier alpha value is -2.03. The van der Waals surface area contributed by atoms with Crippen molar-refractivity contribution in [3.8, 4) is 0 Å². The van der Waals surface area contributed by atoms with Crippen LogP contribution in [0.3, 0.4) is 0 Å². The smallest absolute Gasteiger partial charge is 0.336 e. The fraction of sp³-hybridized carbons (Fsp3) is 0.267. The summed E-state index contributed by atoms with van der Waals surface area (Å²) in [5, 5.41) is 11.0. The predicted octanol–water partition coefficient (Wildman–Crippen LogP) is 3.38. The number of hydrogen-bond acceptors (Lipinski definition) is 2. The summed E-state index contributed by atoms with van der Waals surface area (Å²) in [5.74, 6) is -0.884. The van der Waals surface area contributed by atoms with Crippen LogP contribution in [0.4, 0.5) is 5.69 Å². The number of rotatable bonds is 3. The molecule has 2 aromatic rings. The Bertz CT molecular complexity index is 590. The highest BCUT2D eigenvalue weighted by Gasteiger charge is 2.14. The number of fused-ring (bicyclic) bond motifs is 1. The van der Waals surface area contributed by atoms with Gasteiger partial charge in [0.1, 0.15) is 0 Å². The molecule has 0 aliphatic heterocycles. The van der Waals surface area contributed by atoms with Gasteiger partial charge in [0.05, 0.1) is 5.56 Å². The monoisotopic (exact) mass is 243 g/mol. The third-order valence-corrected chi connectivity index (χ3v) is 3.29. The molecule has 0 fully saturated rings. The second kappa shape index (κ2) is 4.69. The third-order valence-electron chi connectivity index (χ3n) is 3.29. The zero-order valence-corrected chi connectivity index (χ0v) is 10.8. The first-order valence-corrected chi connectivity index (χ1v) is 6.00. The lowest BCUT2D eigenvalue weighted by Gasteiger charge is -2.25. The van der Waals surface area contributed by atoms with Crippen LogP contribution < -0.4 is 4.90 Å². The number of nitrogens with zero attached hydrogens (tertiary/aromatic N) is 1. The Morgan fingerprint density at radius 3 is 2.28 bits per heavy atom. The topological polar surface area (TPSA) is 40.5 Å². The molecule has 0 spiro atoms. The van der Waals surface area contributed by atoms with Crippen molar-refractivity contribution in [1.82, 2.24) is 0 Å². The molecule has 3 heteroatoms. The predicted molar refractivity (Wildman–Crippen MR) is 74.4 cm³/mol. The third kappa shape index (κ3) is 2.04. The van der Waals surface area contributed by atoms with Crippen LogP contribution in [0.1, 0.15) is 24.2 Å². The first-order chi connectivity index (χ1) is 8.52. The molecule has 0 heterocycles. The van der Waals surface area contributed by atoms with Crippen molar-refractivity contribution in [3.05, 3.63) is 42.0 Å². The molecule has 0 unspecified atom stereocenters. The van der Waals surface area contributed by atoms with Gasteiger partial charge in [-0.1, -0.05) is 24.3 Å². The maximum Gasteiger partial charge on any atom is 0.336 e. The number of hydrogen-bond donors (Lipinski definition) is 1. The maximum atomic E-state index is 11.2. The molecule has 0 bridgehead atoms. The first kappa shape index (κ1) is 12.4. The van der Waals surface area contributed by atoms with Crippen molar-refractivity contribution in [2.75, 3.05) is 11.9 Å². The highest BCUT2D eigenvalue weighted by Crippen LogP contribution is 2.29. The van der Waals surface area contributed by atoms with E-state index in [1.807, 2.05) is 37.4 Å². The van der Waals surface area contributed by atoms with Crippen LogP contribution in [-0.4, -0.2) is 24.2 Å². The molecular formula is C15H17NO2. The molecule has 0 aliphatic rings. The average molecular weight is 243 g/mol. The van der Waals surface area contributed by atoms with Gasteiger partial charge in [0, 0.05) is 24.2 Å². The molecule has 0 radical (unpaired) electrons. The molecule has 94 valence electrons. The summed E-state index contributed by atoms with van der Waals surface area (Å²) >= 11 is 0. The van der Waals surface area contributed by atoms with Crippen molar-refractivity contribution >= 4 is 22.4 Å². The summed E-state index contributed by atoms with van der Waals surface area (Å²) in [4.78, 5) is 13.4. The van der Waals surface area contributed by atoms with Gasteiger partial charge in [-0.2, -0.15) is 0 Å². The zero-order chi connectivity index (χ0) is 13.3. The number of aromatic carboxylic acids is 1. The Labute approximate surface area is 107 Å². The molecule has 1 N–H and O–H groups in total. The molecule has 2 rings (SSSR count). The van der Waals surface area contributed by atoms with Crippen molar-refractivity contribution < 1.29 is 9.90 Å². The van der Waals surface area contributed by atoms with Crippen LogP contribution in [0.2, 0.25) is 0 Å². The normalized spacial score (nSPS) is 10.9. The molecular weight excluding hydrogens is 226 g/mol. The molecule has 18 heavy (non-hydrogen) atoms. The van der Waals surface area contributed by atoms with Gasteiger partial charge in [-0.05, 0) is 31.4 Å². The summed E-state index contributed by atoms with van der Waals surface area (Å²) in [6.45, 7) is 4.22. The second-order valence-electron chi connectivity index (χ2n) is 4.69.